The molecular formula is C22H16ClN3O5S3. The van der Waals surface area contributed by atoms with Crippen LogP contribution in [0.2, 0.25) is 5.02 Å². The van der Waals surface area contributed by atoms with E-state index >= 15 is 0 Å². The Balaban J connectivity index is 1.58. The number of benzene rings is 1. The van der Waals surface area contributed by atoms with E-state index in [-0.39, 0.29) is 32.2 Å². The van der Waals surface area contributed by atoms with E-state index in [1.165, 1.54) is 15.4 Å². The molecule has 0 spiro atoms. The molecule has 2 aliphatic heterocycles. The van der Waals surface area contributed by atoms with Crippen LogP contribution in [0.15, 0.2) is 58.4 Å². The molecule has 34 heavy (non-hydrogen) atoms. The van der Waals surface area contributed by atoms with E-state index in [4.69, 9.17) is 28.6 Å². The lowest BCUT2D eigenvalue weighted by Gasteiger charge is -2.20. The molecule has 1 amide bonds. The van der Waals surface area contributed by atoms with Gasteiger partial charge in [-0.15, -0.1) is 0 Å². The number of halogens is 1. The van der Waals surface area contributed by atoms with Gasteiger partial charge < -0.3 is 4.74 Å². The lowest BCUT2D eigenvalue weighted by Crippen LogP contribution is -2.39. The van der Waals surface area contributed by atoms with Crippen molar-refractivity contribution in [2.75, 3.05) is 11.5 Å². The van der Waals surface area contributed by atoms with Gasteiger partial charge in [0.15, 0.2) is 9.84 Å². The first-order valence-electron chi connectivity index (χ1n) is 10.1. The third kappa shape index (κ3) is 4.36. The molecule has 5 rings (SSSR count). The van der Waals surface area contributed by atoms with Crippen LogP contribution in [0.25, 0.3) is 11.7 Å². The van der Waals surface area contributed by atoms with Crippen LogP contribution in [0, 0.1) is 0 Å². The van der Waals surface area contributed by atoms with Crippen LogP contribution in [0.1, 0.15) is 12.0 Å². The van der Waals surface area contributed by atoms with E-state index in [0.717, 1.165) is 11.8 Å². The predicted octanol–water partition coefficient (Wildman–Crippen LogP) is 3.53. The number of carbonyl (C=O) groups excluding carboxylic acids is 1. The summed E-state index contributed by atoms with van der Waals surface area (Å²) in [6, 6.07) is 11.2. The first-order valence-corrected chi connectivity index (χ1v) is 13.6. The Morgan fingerprint density at radius 1 is 1.18 bits per heavy atom. The molecule has 2 aromatic heterocycles. The standard InChI is InChI=1S/C22H16ClN3O5S3/c23-13-4-6-15(7-5-13)31-19-16(20(27)25-9-2-1-3-18(25)24-19)11-17-21(28)26(22(32)33-17)14-8-10-34(29,30)12-14/h1-7,9,11,14H,8,10,12H2/b17-11-. The lowest BCUT2D eigenvalue weighted by molar-refractivity contribution is -0.123. The predicted molar refractivity (Wildman–Crippen MR) is 135 cm³/mol. The van der Waals surface area contributed by atoms with Gasteiger partial charge >= 0.3 is 0 Å². The molecule has 1 unspecified atom stereocenters. The van der Waals surface area contributed by atoms with Gasteiger partial charge in [0.25, 0.3) is 11.5 Å². The van der Waals surface area contributed by atoms with E-state index in [1.54, 1.807) is 48.7 Å². The molecule has 1 atom stereocenters. The average Bonchev–Trinajstić information content (AvgIpc) is 3.29. The molecule has 0 N–H and O–H groups in total. The Kier molecular flexibility index (Phi) is 5.96. The molecule has 3 aromatic rings. The van der Waals surface area contributed by atoms with Crippen LogP contribution in [0.3, 0.4) is 0 Å². The zero-order valence-corrected chi connectivity index (χ0v) is 20.6. The van der Waals surface area contributed by atoms with Crippen LogP contribution in [-0.2, 0) is 14.6 Å². The zero-order chi connectivity index (χ0) is 24.0. The SMILES string of the molecule is O=C1/C(=C/c2c(Oc3ccc(Cl)cc3)nc3ccccn3c2=O)SC(=S)N1C1CCS(=O)(=O)C1. The van der Waals surface area contributed by atoms with E-state index in [2.05, 4.69) is 4.98 Å². The number of sulfone groups is 1. The molecule has 8 nitrogen and oxygen atoms in total. The summed E-state index contributed by atoms with van der Waals surface area (Å²) in [5.74, 6) is -0.116. The van der Waals surface area contributed by atoms with Crippen LogP contribution in [0.5, 0.6) is 11.6 Å². The topological polar surface area (TPSA) is 98.0 Å². The number of thioether (sulfide) groups is 1. The summed E-state index contributed by atoms with van der Waals surface area (Å²) in [7, 11) is -3.21. The second-order valence-corrected chi connectivity index (χ2v) is 12.1. The molecule has 0 radical (unpaired) electrons. The molecule has 2 aliphatic rings. The number of amides is 1. The largest absolute Gasteiger partial charge is 0.438 e. The number of carbonyl (C=O) groups is 1. The van der Waals surface area contributed by atoms with E-state index in [1.807, 2.05) is 0 Å². The van der Waals surface area contributed by atoms with Gasteiger partial charge in [-0.2, -0.15) is 4.98 Å². The fourth-order valence-electron chi connectivity index (χ4n) is 3.80. The smallest absolute Gasteiger partial charge is 0.269 e. The van der Waals surface area contributed by atoms with Crippen molar-refractivity contribution in [3.63, 3.8) is 0 Å². The van der Waals surface area contributed by atoms with Gasteiger partial charge in [-0.05, 0) is 48.9 Å². The highest BCUT2D eigenvalue weighted by molar-refractivity contribution is 8.26. The van der Waals surface area contributed by atoms with Gasteiger partial charge in [0.2, 0.25) is 5.88 Å². The number of nitrogens with zero attached hydrogens (tertiary/aromatic N) is 3. The summed E-state index contributed by atoms with van der Waals surface area (Å²) in [5, 5.41) is 0.525. The second kappa shape index (κ2) is 8.81. The van der Waals surface area contributed by atoms with Crippen molar-refractivity contribution in [1.29, 1.82) is 0 Å². The van der Waals surface area contributed by atoms with Crippen LogP contribution >= 0.6 is 35.6 Å². The summed E-state index contributed by atoms with van der Waals surface area (Å²) >= 11 is 12.3. The monoisotopic (exact) mass is 533 g/mol. The van der Waals surface area contributed by atoms with Gasteiger partial charge in [0.05, 0.1) is 22.5 Å². The normalized spacial score (nSPS) is 21.0. The Hall–Kier alpha value is -2.73. The number of thiocarbonyl (C=S) groups is 1. The number of rotatable bonds is 4. The maximum atomic E-state index is 13.3. The molecule has 0 saturated carbocycles. The fraction of sp³-hybridized carbons (Fsp3) is 0.182. The summed E-state index contributed by atoms with van der Waals surface area (Å²) in [4.78, 5) is 32.5. The van der Waals surface area contributed by atoms with Gasteiger partial charge in [0, 0.05) is 11.2 Å². The quantitative estimate of drug-likeness (QED) is 0.371. The molecular weight excluding hydrogens is 518 g/mol. The maximum Gasteiger partial charge on any atom is 0.269 e. The van der Waals surface area contributed by atoms with Crippen molar-refractivity contribution >= 4 is 67.4 Å². The van der Waals surface area contributed by atoms with Crippen molar-refractivity contribution in [2.45, 2.75) is 12.5 Å². The number of pyridine rings is 1. The molecule has 0 bridgehead atoms. The minimum absolute atomic E-state index is 0.0167. The van der Waals surface area contributed by atoms with E-state index in [0.29, 0.717) is 22.8 Å². The van der Waals surface area contributed by atoms with Gasteiger partial charge in [0.1, 0.15) is 21.3 Å². The zero-order valence-electron chi connectivity index (χ0n) is 17.4. The van der Waals surface area contributed by atoms with Crippen molar-refractivity contribution in [2.24, 2.45) is 0 Å². The first-order chi connectivity index (χ1) is 16.2. The van der Waals surface area contributed by atoms with Crippen LogP contribution in [0.4, 0.5) is 0 Å². The minimum Gasteiger partial charge on any atom is -0.438 e. The van der Waals surface area contributed by atoms with Crippen molar-refractivity contribution < 1.29 is 17.9 Å². The molecule has 174 valence electrons. The third-order valence-corrected chi connectivity index (χ3v) is 8.77. The van der Waals surface area contributed by atoms with Crippen molar-refractivity contribution in [3.05, 3.63) is 74.5 Å². The van der Waals surface area contributed by atoms with E-state index < -0.39 is 27.3 Å². The number of hydrogen-bond acceptors (Lipinski definition) is 8. The average molecular weight is 534 g/mol. The number of ether oxygens (including phenoxy) is 1. The highest BCUT2D eigenvalue weighted by atomic mass is 35.5. The Morgan fingerprint density at radius 2 is 1.94 bits per heavy atom. The van der Waals surface area contributed by atoms with E-state index in [9.17, 15) is 18.0 Å². The first kappa shape index (κ1) is 23.0. The summed E-state index contributed by atoms with van der Waals surface area (Å²) in [5.41, 5.74) is 0.0128. The van der Waals surface area contributed by atoms with Gasteiger partial charge in [-0.3, -0.25) is 18.9 Å². The number of hydrogen-bond donors (Lipinski definition) is 0. The number of fused-ring (bicyclic) bond motifs is 1. The van der Waals surface area contributed by atoms with Crippen LogP contribution < -0.4 is 10.3 Å². The molecule has 12 heteroatoms. The number of aromatic nitrogens is 2. The van der Waals surface area contributed by atoms with Gasteiger partial charge in [-0.1, -0.05) is 41.6 Å². The molecule has 1 aromatic carbocycles. The lowest BCUT2D eigenvalue weighted by atomic mass is 10.2. The molecule has 2 saturated heterocycles. The summed E-state index contributed by atoms with van der Waals surface area (Å²) in [6.07, 6.45) is 3.30. The Morgan fingerprint density at radius 3 is 2.65 bits per heavy atom. The highest BCUT2D eigenvalue weighted by Gasteiger charge is 2.42. The Bertz CT molecular complexity index is 1530. The minimum atomic E-state index is -3.21. The summed E-state index contributed by atoms with van der Waals surface area (Å²) in [6.45, 7) is 0. The third-order valence-electron chi connectivity index (χ3n) is 5.43. The van der Waals surface area contributed by atoms with Crippen LogP contribution in [-0.4, -0.2) is 50.5 Å². The fourth-order valence-corrected chi connectivity index (χ4v) is 7.01. The van der Waals surface area contributed by atoms with Gasteiger partial charge in [-0.25, -0.2) is 8.42 Å². The molecule has 4 heterocycles. The highest BCUT2D eigenvalue weighted by Crippen LogP contribution is 2.37. The second-order valence-electron chi connectivity index (χ2n) is 7.73. The summed E-state index contributed by atoms with van der Waals surface area (Å²) < 4.78 is 31.3. The molecule has 0 aliphatic carbocycles. The maximum absolute atomic E-state index is 13.3. The van der Waals surface area contributed by atoms with Crippen molar-refractivity contribution in [1.82, 2.24) is 14.3 Å². The Labute approximate surface area is 209 Å². The molecule has 2 fully saturated rings. The van der Waals surface area contributed by atoms with Crippen molar-refractivity contribution in [3.8, 4) is 11.6 Å².